The fraction of sp³-hybridized carbons (Fsp3) is 0.667. The topological polar surface area (TPSA) is 64.9 Å². The van der Waals surface area contributed by atoms with Crippen molar-refractivity contribution in [3.63, 3.8) is 0 Å². The summed E-state index contributed by atoms with van der Waals surface area (Å²) in [4.78, 5) is 0. The molecule has 0 radical (unpaired) electrons. The van der Waals surface area contributed by atoms with Crippen LogP contribution in [0.5, 0.6) is 0 Å². The zero-order valence-electron chi connectivity index (χ0n) is 6.16. The third-order valence-electron chi connectivity index (χ3n) is 1.19. The molecule has 0 amide bonds. The fourth-order valence-electron chi connectivity index (χ4n) is 0.710. The van der Waals surface area contributed by atoms with Crippen LogP contribution in [0.15, 0.2) is 4.42 Å². The normalized spacial score (nSPS) is 10.4. The van der Waals surface area contributed by atoms with Gasteiger partial charge in [0.05, 0.1) is 0 Å². The van der Waals surface area contributed by atoms with Gasteiger partial charge in [0.2, 0.25) is 11.8 Å². The molecule has 62 valence electrons. The van der Waals surface area contributed by atoms with Crippen LogP contribution in [0, 0.1) is 0 Å². The molecule has 0 saturated heterocycles. The Morgan fingerprint density at radius 1 is 1.27 bits per heavy atom. The Morgan fingerprint density at radius 2 is 1.91 bits per heavy atom. The molecule has 1 heterocycles. The molecule has 0 aliphatic carbocycles. The monoisotopic (exact) mass is 173 g/mol. The van der Waals surface area contributed by atoms with Crippen LogP contribution in [0.3, 0.4) is 0 Å². The molecule has 0 aromatic carbocycles. The van der Waals surface area contributed by atoms with Crippen LogP contribution in [0.4, 0.5) is 0 Å². The van der Waals surface area contributed by atoms with Crippen molar-refractivity contribution in [1.82, 2.24) is 10.2 Å². The van der Waals surface area contributed by atoms with E-state index in [1.807, 2.05) is 0 Å². The number of nitrogens with two attached hydrogens (primary N) is 1. The van der Waals surface area contributed by atoms with Crippen molar-refractivity contribution >= 4 is 12.6 Å². The van der Waals surface area contributed by atoms with Crippen molar-refractivity contribution in [2.45, 2.75) is 12.8 Å². The van der Waals surface area contributed by atoms with Gasteiger partial charge in [0.15, 0.2) is 0 Å². The maximum absolute atomic E-state index is 5.30. The van der Waals surface area contributed by atoms with Crippen LogP contribution in [-0.2, 0) is 12.8 Å². The largest absolute Gasteiger partial charge is 0.425 e. The van der Waals surface area contributed by atoms with Gasteiger partial charge >= 0.3 is 0 Å². The van der Waals surface area contributed by atoms with E-state index >= 15 is 0 Å². The van der Waals surface area contributed by atoms with Crippen molar-refractivity contribution in [3.05, 3.63) is 11.8 Å². The molecule has 11 heavy (non-hydrogen) atoms. The van der Waals surface area contributed by atoms with E-state index in [2.05, 4.69) is 22.8 Å². The second-order valence-electron chi connectivity index (χ2n) is 2.10. The van der Waals surface area contributed by atoms with E-state index in [1.165, 1.54) is 0 Å². The quantitative estimate of drug-likeness (QED) is 0.631. The second-order valence-corrected chi connectivity index (χ2v) is 2.55. The summed E-state index contributed by atoms with van der Waals surface area (Å²) in [6.45, 7) is 0.544. The van der Waals surface area contributed by atoms with Crippen LogP contribution >= 0.6 is 12.6 Å². The first kappa shape index (κ1) is 8.55. The molecule has 0 unspecified atom stereocenters. The maximum atomic E-state index is 5.30. The third-order valence-corrected chi connectivity index (χ3v) is 1.42. The summed E-state index contributed by atoms with van der Waals surface area (Å²) < 4.78 is 5.21. The Hall–Kier alpha value is -0.550. The molecule has 0 atom stereocenters. The summed E-state index contributed by atoms with van der Waals surface area (Å²) >= 11 is 4.04. The molecule has 2 N–H and O–H groups in total. The van der Waals surface area contributed by atoms with Gasteiger partial charge in [-0.15, -0.1) is 10.2 Å². The van der Waals surface area contributed by atoms with Crippen LogP contribution in [0.2, 0.25) is 0 Å². The smallest absolute Gasteiger partial charge is 0.217 e. The summed E-state index contributed by atoms with van der Waals surface area (Å²) in [7, 11) is 0. The van der Waals surface area contributed by atoms with Crippen LogP contribution in [0.1, 0.15) is 11.8 Å². The van der Waals surface area contributed by atoms with E-state index in [4.69, 9.17) is 10.2 Å². The summed E-state index contributed by atoms with van der Waals surface area (Å²) in [5.74, 6) is 1.98. The molecule has 0 saturated carbocycles. The number of thiol groups is 1. The molecule has 1 aromatic rings. The lowest BCUT2D eigenvalue weighted by Gasteiger charge is -1.87. The van der Waals surface area contributed by atoms with E-state index < -0.39 is 0 Å². The number of aromatic nitrogens is 2. The second kappa shape index (κ2) is 4.35. The lowest BCUT2D eigenvalue weighted by molar-refractivity contribution is 0.456. The number of nitrogens with zero attached hydrogens (tertiary/aromatic N) is 2. The lowest BCUT2D eigenvalue weighted by atomic mass is 10.4. The molecule has 0 bridgehead atoms. The summed E-state index contributed by atoms with van der Waals surface area (Å²) in [6.07, 6.45) is 1.38. The van der Waals surface area contributed by atoms with Crippen molar-refractivity contribution in [3.8, 4) is 0 Å². The first-order chi connectivity index (χ1) is 5.36. The minimum Gasteiger partial charge on any atom is -0.425 e. The molecular formula is C6H11N3OS. The van der Waals surface area contributed by atoms with Crippen molar-refractivity contribution in [2.75, 3.05) is 12.3 Å². The highest BCUT2D eigenvalue weighted by Gasteiger charge is 2.02. The van der Waals surface area contributed by atoms with Gasteiger partial charge in [0.1, 0.15) is 0 Å². The first-order valence-electron chi connectivity index (χ1n) is 3.49. The van der Waals surface area contributed by atoms with Crippen molar-refractivity contribution in [1.29, 1.82) is 0 Å². The molecule has 5 heteroatoms. The van der Waals surface area contributed by atoms with Gasteiger partial charge in [-0.05, 0) is 5.75 Å². The zero-order valence-corrected chi connectivity index (χ0v) is 7.05. The van der Waals surface area contributed by atoms with E-state index in [0.717, 1.165) is 12.2 Å². The number of hydrogen-bond donors (Lipinski definition) is 2. The minimum absolute atomic E-state index is 0.544. The Labute approximate surface area is 70.6 Å². The van der Waals surface area contributed by atoms with Gasteiger partial charge in [-0.3, -0.25) is 0 Å². The van der Waals surface area contributed by atoms with E-state index in [9.17, 15) is 0 Å². The van der Waals surface area contributed by atoms with Crippen LogP contribution < -0.4 is 5.73 Å². The highest BCUT2D eigenvalue weighted by Crippen LogP contribution is 2.00. The van der Waals surface area contributed by atoms with Crippen LogP contribution in [0.25, 0.3) is 0 Å². The standard InChI is InChI=1S/C6H11N3OS/c7-3-1-5-8-9-6(10-5)2-4-11/h11H,1-4,7H2. The molecule has 1 rings (SSSR count). The summed E-state index contributed by atoms with van der Waals surface area (Å²) in [5, 5.41) is 7.60. The number of hydrogen-bond acceptors (Lipinski definition) is 5. The molecule has 0 fully saturated rings. The molecule has 0 aliphatic heterocycles. The summed E-state index contributed by atoms with van der Waals surface area (Å²) in [5.41, 5.74) is 5.30. The van der Waals surface area contributed by atoms with Gasteiger partial charge in [-0.25, -0.2) is 0 Å². The van der Waals surface area contributed by atoms with Gasteiger partial charge in [-0.2, -0.15) is 12.6 Å². The molecule has 1 aromatic heterocycles. The Bertz CT molecular complexity index is 193. The first-order valence-corrected chi connectivity index (χ1v) is 4.12. The Balaban J connectivity index is 2.51. The maximum Gasteiger partial charge on any atom is 0.217 e. The van der Waals surface area contributed by atoms with E-state index in [1.54, 1.807) is 0 Å². The highest BCUT2D eigenvalue weighted by molar-refractivity contribution is 7.80. The number of aryl methyl sites for hydroxylation is 1. The predicted octanol–water partition coefficient (Wildman–Crippen LogP) is 0.0431. The van der Waals surface area contributed by atoms with Gasteiger partial charge < -0.3 is 10.2 Å². The van der Waals surface area contributed by atoms with Gasteiger partial charge in [-0.1, -0.05) is 0 Å². The SMILES string of the molecule is NCCc1nnc(CCS)o1. The van der Waals surface area contributed by atoms with E-state index in [-0.39, 0.29) is 0 Å². The van der Waals surface area contributed by atoms with Gasteiger partial charge in [0, 0.05) is 19.4 Å². The molecular weight excluding hydrogens is 162 g/mol. The Kier molecular flexibility index (Phi) is 3.38. The van der Waals surface area contributed by atoms with Crippen LogP contribution in [-0.4, -0.2) is 22.5 Å². The predicted molar refractivity (Wildman–Crippen MR) is 44.6 cm³/mol. The summed E-state index contributed by atoms with van der Waals surface area (Å²) in [6, 6.07) is 0. The zero-order chi connectivity index (χ0) is 8.10. The molecule has 0 spiro atoms. The van der Waals surface area contributed by atoms with E-state index in [0.29, 0.717) is 24.7 Å². The fourth-order valence-corrected chi connectivity index (χ4v) is 0.901. The molecule has 0 aliphatic rings. The van der Waals surface area contributed by atoms with Crippen molar-refractivity contribution < 1.29 is 4.42 Å². The minimum atomic E-state index is 0.544. The average molecular weight is 173 g/mol. The Morgan fingerprint density at radius 3 is 2.45 bits per heavy atom. The van der Waals surface area contributed by atoms with Gasteiger partial charge in [0.25, 0.3) is 0 Å². The highest BCUT2D eigenvalue weighted by atomic mass is 32.1. The van der Waals surface area contributed by atoms with Crippen molar-refractivity contribution in [2.24, 2.45) is 5.73 Å². The average Bonchev–Trinajstić information content (AvgIpc) is 2.38. The lowest BCUT2D eigenvalue weighted by Crippen LogP contribution is -2.02. The number of rotatable bonds is 4. The molecule has 4 nitrogen and oxygen atoms in total. The third kappa shape index (κ3) is 2.51.